The van der Waals surface area contributed by atoms with Gasteiger partial charge in [-0.2, -0.15) is 18.2 Å². The van der Waals surface area contributed by atoms with Crippen molar-refractivity contribution in [3.8, 4) is 11.3 Å². The molecular weight excluding hydrogens is 503 g/mol. The van der Waals surface area contributed by atoms with Gasteiger partial charge in [0.1, 0.15) is 17.6 Å². The molecule has 0 bridgehead atoms. The minimum atomic E-state index is -4.42. The molecule has 0 aliphatic carbocycles. The average Bonchev–Trinajstić information content (AvgIpc) is 3.41. The molecule has 11 nitrogen and oxygen atoms in total. The van der Waals surface area contributed by atoms with Gasteiger partial charge in [0.15, 0.2) is 11.5 Å². The highest BCUT2D eigenvalue weighted by atomic mass is 19.4. The van der Waals surface area contributed by atoms with Gasteiger partial charge < -0.3 is 16.0 Å². The van der Waals surface area contributed by atoms with Gasteiger partial charge in [-0.25, -0.2) is 23.0 Å². The van der Waals surface area contributed by atoms with Crippen molar-refractivity contribution in [3.05, 3.63) is 24.4 Å². The van der Waals surface area contributed by atoms with Crippen molar-refractivity contribution in [2.75, 3.05) is 31.2 Å². The Hall–Kier alpha value is -4.11. The molecule has 198 valence electrons. The van der Waals surface area contributed by atoms with Gasteiger partial charge in [0, 0.05) is 38.7 Å². The van der Waals surface area contributed by atoms with Crippen molar-refractivity contribution < 1.29 is 26.7 Å². The SMILES string of the molecule is CC(=O)N1CCCC(F)(F)C1.CNc1nc(N)nn2ccc(-c3ccc4nnn(CC(F)(F)F)c4n3)c12. The summed E-state index contributed by atoms with van der Waals surface area (Å²) in [5.74, 6) is -2.37. The first-order chi connectivity index (χ1) is 17.4. The number of likely N-dealkylation sites (tertiary alicyclic amines) is 1. The van der Waals surface area contributed by atoms with Gasteiger partial charge in [-0.3, -0.25) is 4.79 Å². The fourth-order valence-electron chi connectivity index (χ4n) is 3.94. The Kier molecular flexibility index (Phi) is 6.84. The molecule has 5 heterocycles. The zero-order valence-electron chi connectivity index (χ0n) is 19.8. The molecule has 37 heavy (non-hydrogen) atoms. The molecule has 4 aromatic heterocycles. The van der Waals surface area contributed by atoms with E-state index in [2.05, 4.69) is 30.7 Å². The molecule has 0 aromatic carbocycles. The fourth-order valence-corrected chi connectivity index (χ4v) is 3.94. The number of fused-ring (bicyclic) bond motifs is 2. The topological polar surface area (TPSA) is 132 Å². The van der Waals surface area contributed by atoms with Crippen LogP contribution in [0.5, 0.6) is 0 Å². The molecule has 1 aliphatic heterocycles. The smallest absolute Gasteiger partial charge is 0.371 e. The first-order valence-electron chi connectivity index (χ1n) is 11.1. The molecule has 0 spiro atoms. The Morgan fingerprint density at radius 1 is 1.22 bits per heavy atom. The summed E-state index contributed by atoms with van der Waals surface area (Å²) in [6.45, 7) is 0.131. The number of hydrogen-bond donors (Lipinski definition) is 2. The fraction of sp³-hybridized carbons (Fsp3) is 0.429. The number of amides is 1. The predicted molar refractivity (Wildman–Crippen MR) is 124 cm³/mol. The number of pyridine rings is 1. The molecule has 0 saturated carbocycles. The second-order valence-corrected chi connectivity index (χ2v) is 8.39. The lowest BCUT2D eigenvalue weighted by Gasteiger charge is -2.31. The summed E-state index contributed by atoms with van der Waals surface area (Å²) >= 11 is 0. The van der Waals surface area contributed by atoms with Crippen molar-refractivity contribution in [1.29, 1.82) is 0 Å². The maximum Gasteiger partial charge on any atom is 0.408 e. The maximum atomic E-state index is 12.7. The Morgan fingerprint density at radius 3 is 2.59 bits per heavy atom. The van der Waals surface area contributed by atoms with Crippen molar-refractivity contribution in [1.82, 2.24) is 39.5 Å². The number of carbonyl (C=O) groups is 1. The first-order valence-corrected chi connectivity index (χ1v) is 11.1. The predicted octanol–water partition coefficient (Wildman–Crippen LogP) is 2.99. The lowest BCUT2D eigenvalue weighted by molar-refractivity contribution is -0.142. The lowest BCUT2D eigenvalue weighted by atomic mass is 10.1. The maximum absolute atomic E-state index is 12.7. The minimum absolute atomic E-state index is 0.0431. The number of hydrogen-bond acceptors (Lipinski definition) is 8. The number of rotatable bonds is 3. The van der Waals surface area contributed by atoms with E-state index in [-0.39, 0.29) is 29.4 Å². The number of piperidine rings is 1. The Balaban J connectivity index is 0.000000245. The second kappa shape index (κ2) is 9.74. The van der Waals surface area contributed by atoms with Crippen LogP contribution in [-0.2, 0) is 11.3 Å². The third-order valence-corrected chi connectivity index (χ3v) is 5.57. The van der Waals surface area contributed by atoms with Crippen LogP contribution >= 0.6 is 0 Å². The van der Waals surface area contributed by atoms with E-state index in [4.69, 9.17) is 5.73 Å². The lowest BCUT2D eigenvalue weighted by Crippen LogP contribution is -2.44. The van der Waals surface area contributed by atoms with Crippen molar-refractivity contribution >= 4 is 34.4 Å². The molecule has 1 aliphatic rings. The first kappa shape index (κ1) is 26.0. The molecule has 0 unspecified atom stereocenters. The van der Waals surface area contributed by atoms with E-state index in [9.17, 15) is 26.7 Å². The third kappa shape index (κ3) is 5.83. The minimum Gasteiger partial charge on any atom is -0.371 e. The molecule has 5 rings (SSSR count). The molecule has 4 aromatic rings. The molecule has 1 saturated heterocycles. The van der Waals surface area contributed by atoms with Crippen LogP contribution in [0.1, 0.15) is 19.8 Å². The van der Waals surface area contributed by atoms with Crippen LogP contribution in [0.25, 0.3) is 27.9 Å². The molecule has 0 atom stereocenters. The van der Waals surface area contributed by atoms with Crippen LogP contribution in [0.15, 0.2) is 24.4 Å². The van der Waals surface area contributed by atoms with Crippen LogP contribution in [0.2, 0.25) is 0 Å². The van der Waals surface area contributed by atoms with Crippen molar-refractivity contribution in [3.63, 3.8) is 0 Å². The van der Waals surface area contributed by atoms with Gasteiger partial charge in [-0.05, 0) is 24.6 Å². The monoisotopic (exact) mass is 526 g/mol. The van der Waals surface area contributed by atoms with Gasteiger partial charge in [0.25, 0.3) is 5.92 Å². The zero-order valence-corrected chi connectivity index (χ0v) is 19.8. The number of nitrogen functional groups attached to an aromatic ring is 1. The largest absolute Gasteiger partial charge is 0.408 e. The number of carbonyl (C=O) groups excluding carboxylic acids is 1. The third-order valence-electron chi connectivity index (χ3n) is 5.57. The Labute approximate surface area is 206 Å². The number of nitrogens with one attached hydrogen (secondary N) is 1. The summed E-state index contributed by atoms with van der Waals surface area (Å²) in [7, 11) is 1.68. The van der Waals surface area contributed by atoms with E-state index < -0.39 is 25.2 Å². The molecule has 0 radical (unpaired) electrons. The highest BCUT2D eigenvalue weighted by molar-refractivity contribution is 5.89. The Bertz CT molecular complexity index is 1430. The van der Waals surface area contributed by atoms with Gasteiger partial charge >= 0.3 is 6.18 Å². The van der Waals surface area contributed by atoms with Crippen molar-refractivity contribution in [2.45, 2.75) is 38.4 Å². The van der Waals surface area contributed by atoms with Gasteiger partial charge in [-0.1, -0.05) is 5.21 Å². The molecule has 3 N–H and O–H groups in total. The molecule has 16 heteroatoms. The molecule has 1 amide bonds. The Morgan fingerprint density at radius 2 is 1.97 bits per heavy atom. The highest BCUT2D eigenvalue weighted by Gasteiger charge is 2.36. The van der Waals surface area contributed by atoms with E-state index >= 15 is 0 Å². The standard InChI is InChI=1S/C14H12F3N9.C7H11F2NO/c1-19-11-10-7(4-5-25(10)23-13(18)21-11)8-2-3-9-12(20-8)26(24-22-9)6-14(15,16)17;1-6(11)10-4-2-3-7(8,9)5-10/h2-5H,6H2,1H3,(H3,18,19,21,23);2-5H2,1H3. The van der Waals surface area contributed by atoms with Gasteiger partial charge in [0.2, 0.25) is 11.9 Å². The van der Waals surface area contributed by atoms with E-state index in [0.717, 1.165) is 4.68 Å². The zero-order chi connectivity index (χ0) is 27.0. The van der Waals surface area contributed by atoms with Crippen LogP contribution in [0, 0.1) is 0 Å². The summed E-state index contributed by atoms with van der Waals surface area (Å²) in [6.07, 6.45) is -2.43. The summed E-state index contributed by atoms with van der Waals surface area (Å²) in [5.41, 5.74) is 7.66. The van der Waals surface area contributed by atoms with Crippen LogP contribution in [0.3, 0.4) is 0 Å². The highest BCUT2D eigenvalue weighted by Crippen LogP contribution is 2.30. The summed E-state index contributed by atoms with van der Waals surface area (Å²) in [5, 5.41) is 14.3. The van der Waals surface area contributed by atoms with Gasteiger partial charge in [0.05, 0.1) is 12.2 Å². The van der Waals surface area contributed by atoms with E-state index in [1.807, 2.05) is 0 Å². The van der Waals surface area contributed by atoms with Crippen LogP contribution < -0.4 is 11.1 Å². The average molecular weight is 526 g/mol. The molecule has 1 fully saturated rings. The van der Waals surface area contributed by atoms with E-state index in [1.54, 1.807) is 31.4 Å². The number of aromatic nitrogens is 7. The van der Waals surface area contributed by atoms with Crippen molar-refractivity contribution in [2.24, 2.45) is 0 Å². The quantitative estimate of drug-likeness (QED) is 0.390. The summed E-state index contributed by atoms with van der Waals surface area (Å²) in [4.78, 5) is 20.3. The summed E-state index contributed by atoms with van der Waals surface area (Å²) in [6, 6.07) is 4.95. The number of alkyl halides is 5. The number of halogens is 5. The number of nitrogens with two attached hydrogens (primary N) is 1. The summed E-state index contributed by atoms with van der Waals surface area (Å²) < 4.78 is 65.6. The van der Waals surface area contributed by atoms with E-state index in [1.165, 1.54) is 16.3 Å². The van der Waals surface area contributed by atoms with E-state index in [0.29, 0.717) is 35.6 Å². The number of anilines is 2. The van der Waals surface area contributed by atoms with Crippen LogP contribution in [0.4, 0.5) is 33.7 Å². The van der Waals surface area contributed by atoms with Gasteiger partial charge in [-0.15, -0.1) is 10.2 Å². The number of nitrogens with zero attached hydrogens (tertiary/aromatic N) is 8. The molecular formula is C21H23F5N10O. The van der Waals surface area contributed by atoms with Crippen LogP contribution in [-0.4, -0.2) is 77.6 Å². The normalized spacial score (nSPS) is 15.5. The second-order valence-electron chi connectivity index (χ2n) is 8.39.